The summed E-state index contributed by atoms with van der Waals surface area (Å²) in [6, 6.07) is 6.24. The van der Waals surface area contributed by atoms with Crippen LogP contribution in [0.5, 0.6) is 0 Å². The fourth-order valence-corrected chi connectivity index (χ4v) is 4.88. The summed E-state index contributed by atoms with van der Waals surface area (Å²) in [6.07, 6.45) is 1.31. The molecule has 0 fully saturated rings. The van der Waals surface area contributed by atoms with Crippen LogP contribution in [-0.2, 0) is 10.0 Å². The average molecular weight is 405 g/mol. The molecule has 3 aromatic rings. The molecular weight excluding hydrogens is 398 g/mol. The summed E-state index contributed by atoms with van der Waals surface area (Å²) < 4.78 is 28.7. The van der Waals surface area contributed by atoms with Crippen molar-refractivity contribution in [1.82, 2.24) is 9.97 Å². The quantitative estimate of drug-likeness (QED) is 0.718. The van der Waals surface area contributed by atoms with E-state index in [1.807, 2.05) is 5.38 Å². The number of hydrogen-bond donors (Lipinski definition) is 1. The molecule has 5 nitrogen and oxygen atoms in total. The fraction of sp³-hybridized carbons (Fsp3) is 0. The van der Waals surface area contributed by atoms with Crippen molar-refractivity contribution in [3.05, 3.63) is 45.5 Å². The Kier molecular flexibility index (Phi) is 3.87. The third-order valence-electron chi connectivity index (χ3n) is 2.67. The maximum Gasteiger partial charge on any atom is 0.264 e. The summed E-state index contributed by atoms with van der Waals surface area (Å²) in [4.78, 5) is 8.13. The highest BCUT2D eigenvalue weighted by molar-refractivity contribution is 9.10. The molecule has 9 heteroatoms. The van der Waals surface area contributed by atoms with Crippen LogP contribution in [0.15, 0.2) is 45.3 Å². The van der Waals surface area contributed by atoms with Crippen molar-refractivity contribution in [2.24, 2.45) is 0 Å². The van der Waals surface area contributed by atoms with E-state index in [2.05, 4.69) is 30.6 Å². The van der Waals surface area contributed by atoms with Crippen LogP contribution in [0.2, 0.25) is 5.02 Å². The number of sulfonamides is 1. The molecule has 0 saturated heterocycles. The van der Waals surface area contributed by atoms with Gasteiger partial charge in [-0.2, -0.15) is 0 Å². The van der Waals surface area contributed by atoms with Gasteiger partial charge in [-0.15, -0.1) is 11.3 Å². The lowest BCUT2D eigenvalue weighted by atomic mass is 10.4. The predicted octanol–water partition coefficient (Wildman–Crippen LogP) is 3.91. The zero-order chi connectivity index (χ0) is 15.0. The first-order valence-corrected chi connectivity index (χ1v) is 9.17. The molecule has 0 atom stereocenters. The molecule has 0 spiro atoms. The molecule has 0 amide bonds. The molecule has 0 aliphatic rings. The highest BCUT2D eigenvalue weighted by Crippen LogP contribution is 2.33. The Bertz CT molecular complexity index is 927. The van der Waals surface area contributed by atoms with Crippen LogP contribution < -0.4 is 4.72 Å². The maximum atomic E-state index is 12.4. The van der Waals surface area contributed by atoms with Crippen molar-refractivity contribution in [2.75, 3.05) is 4.72 Å². The van der Waals surface area contributed by atoms with Gasteiger partial charge in [0.15, 0.2) is 5.82 Å². The number of benzene rings is 1. The number of aromatic nitrogens is 2. The minimum Gasteiger partial charge on any atom is -0.262 e. The van der Waals surface area contributed by atoms with E-state index < -0.39 is 10.0 Å². The number of rotatable bonds is 3. The smallest absolute Gasteiger partial charge is 0.262 e. The summed E-state index contributed by atoms with van der Waals surface area (Å²) in [7, 11) is -3.81. The number of halogens is 2. The van der Waals surface area contributed by atoms with Gasteiger partial charge in [0.25, 0.3) is 10.0 Å². The third-order valence-corrected chi connectivity index (χ3v) is 6.39. The van der Waals surface area contributed by atoms with E-state index in [1.165, 1.54) is 29.8 Å². The Labute approximate surface area is 138 Å². The van der Waals surface area contributed by atoms with Gasteiger partial charge in [-0.1, -0.05) is 23.7 Å². The second-order valence-electron chi connectivity index (χ2n) is 4.02. The molecule has 2 aromatic heterocycles. The van der Waals surface area contributed by atoms with Crippen molar-refractivity contribution in [1.29, 1.82) is 0 Å². The van der Waals surface area contributed by atoms with E-state index in [0.717, 1.165) is 4.47 Å². The Balaban J connectivity index is 2.08. The van der Waals surface area contributed by atoms with E-state index in [1.54, 1.807) is 12.1 Å². The topological polar surface area (TPSA) is 72.0 Å². The van der Waals surface area contributed by atoms with Gasteiger partial charge < -0.3 is 0 Å². The SMILES string of the molecule is O=S(=O)(Nc1ncnc2c(Br)csc12)c1ccccc1Cl. The van der Waals surface area contributed by atoms with E-state index >= 15 is 0 Å². The summed E-state index contributed by atoms with van der Waals surface area (Å²) in [5, 5.41) is 1.98. The molecule has 1 N–H and O–H groups in total. The first kappa shape index (κ1) is 14.7. The summed E-state index contributed by atoms with van der Waals surface area (Å²) in [5.41, 5.74) is 0.659. The normalized spacial score (nSPS) is 11.7. The Morgan fingerprint density at radius 3 is 2.76 bits per heavy atom. The molecule has 2 heterocycles. The first-order chi connectivity index (χ1) is 9.99. The molecule has 0 bridgehead atoms. The lowest BCUT2D eigenvalue weighted by Crippen LogP contribution is -2.14. The molecule has 0 unspecified atom stereocenters. The lowest BCUT2D eigenvalue weighted by molar-refractivity contribution is 0.601. The Morgan fingerprint density at radius 2 is 2.00 bits per heavy atom. The Hall–Kier alpha value is -1.22. The number of nitrogens with zero attached hydrogens (tertiary/aromatic N) is 2. The van der Waals surface area contributed by atoms with Crippen LogP contribution in [0, 0.1) is 0 Å². The number of fused-ring (bicyclic) bond motifs is 1. The molecule has 0 aliphatic carbocycles. The number of anilines is 1. The minimum atomic E-state index is -3.81. The van der Waals surface area contributed by atoms with Gasteiger partial charge >= 0.3 is 0 Å². The summed E-state index contributed by atoms with van der Waals surface area (Å²) in [6.45, 7) is 0. The van der Waals surface area contributed by atoms with Crippen molar-refractivity contribution in [3.8, 4) is 0 Å². The molecule has 0 radical (unpaired) electrons. The van der Waals surface area contributed by atoms with Crippen LogP contribution in [-0.4, -0.2) is 18.4 Å². The predicted molar refractivity (Wildman–Crippen MR) is 87.4 cm³/mol. The fourth-order valence-electron chi connectivity index (χ4n) is 1.74. The van der Waals surface area contributed by atoms with Crippen molar-refractivity contribution in [2.45, 2.75) is 4.90 Å². The summed E-state index contributed by atoms with van der Waals surface area (Å²) in [5.74, 6) is 0.232. The maximum absolute atomic E-state index is 12.4. The molecule has 0 saturated carbocycles. The van der Waals surface area contributed by atoms with Gasteiger partial charge in [-0.25, -0.2) is 18.4 Å². The van der Waals surface area contributed by atoms with Gasteiger partial charge in [0, 0.05) is 5.38 Å². The monoisotopic (exact) mass is 403 g/mol. The first-order valence-electron chi connectivity index (χ1n) is 5.64. The van der Waals surface area contributed by atoms with Crippen molar-refractivity contribution >= 4 is 64.9 Å². The van der Waals surface area contributed by atoms with Crippen LogP contribution in [0.25, 0.3) is 10.2 Å². The zero-order valence-electron chi connectivity index (χ0n) is 10.2. The second-order valence-corrected chi connectivity index (χ2v) is 7.81. The molecular formula is C12H7BrClN3O2S2. The molecule has 3 rings (SSSR count). The van der Waals surface area contributed by atoms with Crippen LogP contribution >= 0.6 is 38.9 Å². The van der Waals surface area contributed by atoms with E-state index in [9.17, 15) is 8.42 Å². The number of nitrogens with one attached hydrogen (secondary N) is 1. The van der Waals surface area contributed by atoms with Gasteiger partial charge in [0.1, 0.15) is 16.7 Å². The van der Waals surface area contributed by atoms with Gasteiger partial charge in [-0.05, 0) is 28.1 Å². The van der Waals surface area contributed by atoms with E-state index in [4.69, 9.17) is 11.6 Å². The number of thiophene rings is 1. The molecule has 21 heavy (non-hydrogen) atoms. The van der Waals surface area contributed by atoms with Crippen LogP contribution in [0.4, 0.5) is 5.82 Å². The standard InChI is InChI=1S/C12H7BrClN3O2S2/c13-7-5-20-11-10(7)15-6-16-12(11)17-21(18,19)9-4-2-1-3-8(9)14/h1-6H,(H,15,16,17). The molecule has 108 valence electrons. The highest BCUT2D eigenvalue weighted by Gasteiger charge is 2.20. The van der Waals surface area contributed by atoms with Gasteiger partial charge in [-0.3, -0.25) is 4.72 Å². The lowest BCUT2D eigenvalue weighted by Gasteiger charge is -2.09. The van der Waals surface area contributed by atoms with E-state index in [0.29, 0.717) is 10.2 Å². The largest absolute Gasteiger partial charge is 0.264 e. The highest BCUT2D eigenvalue weighted by atomic mass is 79.9. The van der Waals surface area contributed by atoms with Crippen molar-refractivity contribution < 1.29 is 8.42 Å². The second kappa shape index (κ2) is 5.53. The van der Waals surface area contributed by atoms with Crippen LogP contribution in [0.3, 0.4) is 0 Å². The number of hydrogen-bond acceptors (Lipinski definition) is 5. The average Bonchev–Trinajstić information content (AvgIpc) is 2.82. The third kappa shape index (κ3) is 2.76. The van der Waals surface area contributed by atoms with Crippen LogP contribution in [0.1, 0.15) is 0 Å². The Morgan fingerprint density at radius 1 is 1.24 bits per heavy atom. The zero-order valence-corrected chi connectivity index (χ0v) is 14.2. The minimum absolute atomic E-state index is 0.00838. The summed E-state index contributed by atoms with van der Waals surface area (Å²) >= 11 is 10.6. The van der Waals surface area contributed by atoms with Gasteiger partial charge in [0.05, 0.1) is 14.2 Å². The van der Waals surface area contributed by atoms with Gasteiger partial charge in [0.2, 0.25) is 0 Å². The molecule has 0 aliphatic heterocycles. The molecule has 1 aromatic carbocycles. The van der Waals surface area contributed by atoms with Crippen molar-refractivity contribution in [3.63, 3.8) is 0 Å². The van der Waals surface area contributed by atoms with E-state index in [-0.39, 0.29) is 15.7 Å².